The van der Waals surface area contributed by atoms with Gasteiger partial charge >= 0.3 is 0 Å². The van der Waals surface area contributed by atoms with Gasteiger partial charge in [0.2, 0.25) is 0 Å². The van der Waals surface area contributed by atoms with E-state index < -0.39 is 0 Å². The summed E-state index contributed by atoms with van der Waals surface area (Å²) in [5.74, 6) is 0.918. The predicted octanol–water partition coefficient (Wildman–Crippen LogP) is 1.99. The molecule has 0 N–H and O–H groups in total. The van der Waals surface area contributed by atoms with Crippen molar-refractivity contribution in [3.63, 3.8) is 0 Å². The molecule has 3 atom stereocenters. The van der Waals surface area contributed by atoms with Crippen molar-refractivity contribution in [1.29, 1.82) is 0 Å². The quantitative estimate of drug-likeness (QED) is 0.463. The molecule has 0 amide bonds. The van der Waals surface area contributed by atoms with Gasteiger partial charge in [-0.1, -0.05) is 22.6 Å². The van der Waals surface area contributed by atoms with Gasteiger partial charge in [0.25, 0.3) is 0 Å². The summed E-state index contributed by atoms with van der Waals surface area (Å²) in [5, 5.41) is 0. The van der Waals surface area contributed by atoms with Crippen LogP contribution in [-0.4, -0.2) is 16.6 Å². The van der Waals surface area contributed by atoms with Crippen LogP contribution in [0.4, 0.5) is 0 Å². The maximum atomic E-state index is 5.58. The Balaban J connectivity index is 2.05. The molecule has 2 heteroatoms. The van der Waals surface area contributed by atoms with Crippen molar-refractivity contribution in [1.82, 2.24) is 0 Å². The molecule has 0 radical (unpaired) electrons. The lowest BCUT2D eigenvalue weighted by atomic mass is 9.91. The Kier molecular flexibility index (Phi) is 1.69. The predicted molar refractivity (Wildman–Crippen MR) is 44.9 cm³/mol. The van der Waals surface area contributed by atoms with E-state index in [0.717, 1.165) is 16.4 Å². The van der Waals surface area contributed by atoms with Gasteiger partial charge in [-0.2, -0.15) is 0 Å². The molecule has 52 valence electrons. The van der Waals surface area contributed by atoms with Crippen LogP contribution >= 0.6 is 22.6 Å². The minimum absolute atomic E-state index is 0.615. The molecule has 9 heavy (non-hydrogen) atoms. The monoisotopic (exact) mass is 238 g/mol. The molecule has 0 spiro atoms. The van der Waals surface area contributed by atoms with E-state index in [1.54, 1.807) is 0 Å². The van der Waals surface area contributed by atoms with Gasteiger partial charge in [-0.3, -0.25) is 0 Å². The van der Waals surface area contributed by atoms with Crippen LogP contribution in [0.1, 0.15) is 19.3 Å². The number of rotatable bonds is 0. The molecular weight excluding hydrogens is 227 g/mol. The van der Waals surface area contributed by atoms with Gasteiger partial charge in [-0.15, -0.1) is 0 Å². The van der Waals surface area contributed by atoms with Gasteiger partial charge in [0.1, 0.15) is 0 Å². The second-order valence-corrected chi connectivity index (χ2v) is 4.67. The second kappa shape index (κ2) is 2.38. The molecule has 0 unspecified atom stereocenters. The fourth-order valence-corrected chi connectivity index (χ4v) is 2.62. The third-order valence-corrected chi connectivity index (χ3v) is 3.79. The molecule has 0 aromatic heterocycles. The Hall–Kier alpha value is 0.690. The zero-order chi connectivity index (χ0) is 6.27. The third kappa shape index (κ3) is 1.11. The van der Waals surface area contributed by atoms with E-state index in [4.69, 9.17) is 4.74 Å². The number of ether oxygens (including phenoxy) is 1. The van der Waals surface area contributed by atoms with Crippen molar-refractivity contribution in [3.05, 3.63) is 0 Å². The van der Waals surface area contributed by atoms with Gasteiger partial charge in [-0.25, -0.2) is 0 Å². The van der Waals surface area contributed by atoms with Gasteiger partial charge in [-0.05, 0) is 25.2 Å². The third-order valence-electron chi connectivity index (χ3n) is 2.37. The Bertz CT molecular complexity index is 115. The summed E-state index contributed by atoms with van der Waals surface area (Å²) >= 11 is 2.52. The van der Waals surface area contributed by atoms with Crippen molar-refractivity contribution in [2.45, 2.75) is 29.3 Å². The van der Waals surface area contributed by atoms with Gasteiger partial charge in [0.05, 0.1) is 6.10 Å². The summed E-state index contributed by atoms with van der Waals surface area (Å²) in [6.45, 7) is 1.05. The highest BCUT2D eigenvalue weighted by molar-refractivity contribution is 14.1. The molecule has 1 saturated heterocycles. The van der Waals surface area contributed by atoms with Crippen LogP contribution in [0.25, 0.3) is 0 Å². The maximum absolute atomic E-state index is 5.58. The second-order valence-electron chi connectivity index (χ2n) is 3.07. The molecular formula is C7H11IO. The van der Waals surface area contributed by atoms with E-state index in [-0.39, 0.29) is 0 Å². The molecule has 0 aromatic rings. The van der Waals surface area contributed by atoms with E-state index in [9.17, 15) is 0 Å². The normalized spacial score (nSPS) is 49.7. The summed E-state index contributed by atoms with van der Waals surface area (Å²) in [6.07, 6.45) is 4.75. The largest absolute Gasteiger partial charge is 0.377 e. The van der Waals surface area contributed by atoms with Crippen molar-refractivity contribution in [2.24, 2.45) is 5.92 Å². The number of alkyl halides is 1. The number of fused-ring (bicyclic) bond motifs is 2. The molecule has 0 aromatic carbocycles. The Morgan fingerprint density at radius 3 is 3.00 bits per heavy atom. The van der Waals surface area contributed by atoms with Crippen LogP contribution in [0.15, 0.2) is 0 Å². The summed E-state index contributed by atoms with van der Waals surface area (Å²) < 4.78 is 6.39. The fourth-order valence-electron chi connectivity index (χ4n) is 1.76. The lowest BCUT2D eigenvalue weighted by Crippen LogP contribution is -2.22. The molecule has 2 rings (SSSR count). The number of hydrogen-bond acceptors (Lipinski definition) is 1. The molecule has 2 bridgehead atoms. The van der Waals surface area contributed by atoms with Gasteiger partial charge in [0.15, 0.2) is 0 Å². The first-order valence-corrected chi connectivity index (χ1v) is 4.86. The highest BCUT2D eigenvalue weighted by Crippen LogP contribution is 2.36. The zero-order valence-electron chi connectivity index (χ0n) is 5.35. The maximum Gasteiger partial charge on any atom is 0.0696 e. The van der Waals surface area contributed by atoms with Crippen LogP contribution in [-0.2, 0) is 4.74 Å². The summed E-state index contributed by atoms with van der Waals surface area (Å²) in [7, 11) is 0. The zero-order valence-corrected chi connectivity index (χ0v) is 7.50. The molecule has 1 nitrogen and oxygen atoms in total. The summed E-state index contributed by atoms with van der Waals surface area (Å²) in [4.78, 5) is 0. The van der Waals surface area contributed by atoms with Crippen LogP contribution < -0.4 is 0 Å². The first-order valence-electron chi connectivity index (χ1n) is 3.62. The average molecular weight is 238 g/mol. The van der Waals surface area contributed by atoms with Crippen molar-refractivity contribution < 1.29 is 4.74 Å². The SMILES string of the molecule is I[C@@H]1CC[C@H]2CO[C@H]1C2. The van der Waals surface area contributed by atoms with Gasteiger partial charge in [0, 0.05) is 10.5 Å². The Morgan fingerprint density at radius 1 is 1.33 bits per heavy atom. The lowest BCUT2D eigenvalue weighted by Gasteiger charge is -2.21. The van der Waals surface area contributed by atoms with Crippen LogP contribution in [0.5, 0.6) is 0 Å². The van der Waals surface area contributed by atoms with E-state index >= 15 is 0 Å². The van der Waals surface area contributed by atoms with Crippen LogP contribution in [0.3, 0.4) is 0 Å². The number of halogens is 1. The molecule has 1 aliphatic carbocycles. The fraction of sp³-hybridized carbons (Fsp3) is 1.00. The van der Waals surface area contributed by atoms with Crippen LogP contribution in [0.2, 0.25) is 0 Å². The van der Waals surface area contributed by atoms with Crippen molar-refractivity contribution >= 4 is 22.6 Å². The average Bonchev–Trinajstić information content (AvgIpc) is 2.25. The Labute approximate surface area is 69.3 Å². The van der Waals surface area contributed by atoms with E-state index in [1.807, 2.05) is 0 Å². The topological polar surface area (TPSA) is 9.23 Å². The lowest BCUT2D eigenvalue weighted by molar-refractivity contribution is 0.115. The molecule has 2 fully saturated rings. The standard InChI is InChI=1S/C7H11IO/c8-6-2-1-5-3-7(6)9-4-5/h5-7H,1-4H2/t5-,6-,7+/m1/s1. The summed E-state index contributed by atoms with van der Waals surface area (Å²) in [5.41, 5.74) is 0. The number of hydrogen-bond donors (Lipinski definition) is 0. The van der Waals surface area contributed by atoms with Crippen LogP contribution in [0, 0.1) is 5.92 Å². The first-order chi connectivity index (χ1) is 4.36. The van der Waals surface area contributed by atoms with E-state index in [2.05, 4.69) is 22.6 Å². The van der Waals surface area contributed by atoms with Crippen molar-refractivity contribution in [2.75, 3.05) is 6.61 Å². The highest BCUT2D eigenvalue weighted by Gasteiger charge is 2.34. The van der Waals surface area contributed by atoms with E-state index in [0.29, 0.717) is 6.10 Å². The first kappa shape index (κ1) is 6.40. The minimum Gasteiger partial charge on any atom is -0.377 e. The smallest absolute Gasteiger partial charge is 0.0696 e. The Morgan fingerprint density at radius 2 is 2.22 bits per heavy atom. The minimum atomic E-state index is 0.615. The molecule has 1 saturated carbocycles. The molecule has 2 aliphatic rings. The van der Waals surface area contributed by atoms with Gasteiger partial charge < -0.3 is 4.74 Å². The molecule has 1 aliphatic heterocycles. The van der Waals surface area contributed by atoms with E-state index in [1.165, 1.54) is 19.3 Å². The molecule has 1 heterocycles. The van der Waals surface area contributed by atoms with Crippen molar-refractivity contribution in [3.8, 4) is 0 Å². The summed E-state index contributed by atoms with van der Waals surface area (Å²) in [6, 6.07) is 0. The highest BCUT2D eigenvalue weighted by atomic mass is 127.